The van der Waals surface area contributed by atoms with Gasteiger partial charge < -0.3 is 19.5 Å². The first-order chi connectivity index (χ1) is 18.0. The van der Waals surface area contributed by atoms with E-state index in [1.165, 1.54) is 21.5 Å². The first kappa shape index (κ1) is 27.2. The summed E-state index contributed by atoms with van der Waals surface area (Å²) >= 11 is 0. The van der Waals surface area contributed by atoms with Crippen molar-refractivity contribution in [1.29, 1.82) is 0 Å². The standard InChI is InChI=1S/C27H42N6O4S/c1-27(2,3)25-29-23-17-22(7-8-24(23)33(25)19-21-9-15-37-16-10-21)30(4)38(35,36)32-13-11-31(12-14-32)26(34)28-18-20-5-6-20/h7-8,17,20-21H,5-6,9-16,18-19H2,1-4H3,(H,28,34). The van der Waals surface area contributed by atoms with E-state index in [4.69, 9.17) is 9.72 Å². The Hall–Kier alpha value is -2.37. The molecule has 3 fully saturated rings. The van der Waals surface area contributed by atoms with Crippen molar-refractivity contribution in [3.8, 4) is 0 Å². The zero-order valence-corrected chi connectivity index (χ0v) is 24.0. The number of anilines is 1. The first-order valence-corrected chi connectivity index (χ1v) is 15.3. The second-order valence-electron chi connectivity index (χ2n) is 12.0. The van der Waals surface area contributed by atoms with Crippen LogP contribution in [0.5, 0.6) is 0 Å². The SMILES string of the molecule is CN(c1ccc2c(c1)nc(C(C)(C)C)n2CC1CCOCC1)S(=O)(=O)N1CCN(C(=O)NCC2CC2)CC1. The summed E-state index contributed by atoms with van der Waals surface area (Å²) in [7, 11) is -2.15. The maximum absolute atomic E-state index is 13.5. The van der Waals surface area contributed by atoms with Crippen molar-refractivity contribution in [2.45, 2.75) is 58.4 Å². The van der Waals surface area contributed by atoms with Crippen LogP contribution in [0.15, 0.2) is 18.2 Å². The van der Waals surface area contributed by atoms with Gasteiger partial charge in [-0.05, 0) is 55.7 Å². The molecule has 2 aliphatic heterocycles. The molecule has 5 rings (SSSR count). The van der Waals surface area contributed by atoms with Gasteiger partial charge in [-0.3, -0.25) is 4.31 Å². The van der Waals surface area contributed by atoms with Gasteiger partial charge in [0.05, 0.1) is 16.7 Å². The van der Waals surface area contributed by atoms with Crippen molar-refractivity contribution in [3.63, 3.8) is 0 Å². The number of benzene rings is 1. The molecule has 3 heterocycles. The van der Waals surface area contributed by atoms with Crippen molar-refractivity contribution < 1.29 is 17.9 Å². The number of hydrogen-bond donors (Lipinski definition) is 1. The fourth-order valence-corrected chi connectivity index (χ4v) is 6.70. The second-order valence-corrected chi connectivity index (χ2v) is 14.0. The number of urea groups is 1. The molecule has 0 atom stereocenters. The van der Waals surface area contributed by atoms with Gasteiger partial charge in [0.1, 0.15) is 5.82 Å². The molecule has 2 amide bonds. The Labute approximate surface area is 226 Å². The fourth-order valence-electron chi connectivity index (χ4n) is 5.35. The second kappa shape index (κ2) is 10.7. The Balaban J connectivity index is 1.31. The molecule has 3 aliphatic rings. The monoisotopic (exact) mass is 546 g/mol. The number of hydrogen-bond acceptors (Lipinski definition) is 5. The number of carbonyl (C=O) groups excluding carboxylic acids is 1. The molecule has 0 radical (unpaired) electrons. The third-order valence-electron chi connectivity index (χ3n) is 7.98. The zero-order chi connectivity index (χ0) is 27.1. The molecule has 38 heavy (non-hydrogen) atoms. The normalized spacial score (nSPS) is 20.2. The average Bonchev–Trinajstić information content (AvgIpc) is 3.66. The summed E-state index contributed by atoms with van der Waals surface area (Å²) in [6.07, 6.45) is 4.44. The van der Waals surface area contributed by atoms with E-state index in [2.05, 4.69) is 30.7 Å². The van der Waals surface area contributed by atoms with Gasteiger partial charge in [0.15, 0.2) is 0 Å². The lowest BCUT2D eigenvalue weighted by Crippen LogP contribution is -2.55. The first-order valence-electron chi connectivity index (χ1n) is 13.9. The largest absolute Gasteiger partial charge is 0.381 e. The number of rotatable bonds is 7. The van der Waals surface area contributed by atoms with E-state index in [0.29, 0.717) is 37.2 Å². The van der Waals surface area contributed by atoms with Gasteiger partial charge in [0.25, 0.3) is 0 Å². The van der Waals surface area contributed by atoms with Crippen LogP contribution in [0, 0.1) is 11.8 Å². The number of fused-ring (bicyclic) bond motifs is 1. The van der Waals surface area contributed by atoms with E-state index in [1.807, 2.05) is 18.2 Å². The van der Waals surface area contributed by atoms with Gasteiger partial charge in [-0.2, -0.15) is 12.7 Å². The summed E-state index contributed by atoms with van der Waals surface area (Å²) < 4.78 is 37.7. The van der Waals surface area contributed by atoms with E-state index in [1.54, 1.807) is 11.9 Å². The number of piperazine rings is 1. The van der Waals surface area contributed by atoms with Crippen LogP contribution in [-0.4, -0.2) is 86.2 Å². The minimum Gasteiger partial charge on any atom is -0.381 e. The molecule has 1 aromatic carbocycles. The zero-order valence-electron chi connectivity index (χ0n) is 23.1. The number of ether oxygens (including phenoxy) is 1. The Bertz CT molecular complexity index is 1250. The molecule has 1 aliphatic carbocycles. The summed E-state index contributed by atoms with van der Waals surface area (Å²) in [4.78, 5) is 19.1. The minimum atomic E-state index is -3.74. The Kier molecular flexibility index (Phi) is 7.63. The van der Waals surface area contributed by atoms with Gasteiger partial charge in [-0.25, -0.2) is 9.78 Å². The van der Waals surface area contributed by atoms with E-state index >= 15 is 0 Å². The van der Waals surface area contributed by atoms with Crippen molar-refractivity contribution in [2.24, 2.45) is 11.8 Å². The number of amides is 2. The molecular formula is C27H42N6O4S. The van der Waals surface area contributed by atoms with Crippen LogP contribution in [0.4, 0.5) is 10.5 Å². The summed E-state index contributed by atoms with van der Waals surface area (Å²) in [6, 6.07) is 5.65. The Morgan fingerprint density at radius 1 is 1.08 bits per heavy atom. The Morgan fingerprint density at radius 3 is 2.39 bits per heavy atom. The van der Waals surface area contributed by atoms with E-state index in [-0.39, 0.29) is 24.5 Å². The molecule has 2 saturated heterocycles. The molecule has 0 unspecified atom stereocenters. The Morgan fingerprint density at radius 2 is 1.76 bits per heavy atom. The van der Waals surface area contributed by atoms with Crippen LogP contribution in [0.1, 0.15) is 52.3 Å². The van der Waals surface area contributed by atoms with E-state index in [0.717, 1.165) is 49.5 Å². The van der Waals surface area contributed by atoms with Crippen LogP contribution >= 0.6 is 0 Å². The molecule has 0 spiro atoms. The summed E-state index contributed by atoms with van der Waals surface area (Å²) in [5.41, 5.74) is 2.27. The number of aromatic nitrogens is 2. The highest BCUT2D eigenvalue weighted by Gasteiger charge is 2.33. The molecular weight excluding hydrogens is 504 g/mol. The summed E-state index contributed by atoms with van der Waals surface area (Å²) in [6.45, 7) is 11.0. The predicted molar refractivity (Wildman–Crippen MR) is 149 cm³/mol. The van der Waals surface area contributed by atoms with Gasteiger partial charge in [0.2, 0.25) is 0 Å². The lowest BCUT2D eigenvalue weighted by atomic mass is 9.94. The third kappa shape index (κ3) is 5.79. The van der Waals surface area contributed by atoms with Crippen molar-refractivity contribution >= 4 is 33.0 Å². The highest BCUT2D eigenvalue weighted by Crippen LogP contribution is 2.32. The van der Waals surface area contributed by atoms with Crippen molar-refractivity contribution in [2.75, 3.05) is 57.3 Å². The molecule has 210 valence electrons. The van der Waals surface area contributed by atoms with Crippen LogP contribution in [0.2, 0.25) is 0 Å². The van der Waals surface area contributed by atoms with Crippen molar-refractivity contribution in [1.82, 2.24) is 24.1 Å². The van der Waals surface area contributed by atoms with Gasteiger partial charge >= 0.3 is 16.2 Å². The molecule has 10 nitrogen and oxygen atoms in total. The topological polar surface area (TPSA) is 100 Å². The lowest BCUT2D eigenvalue weighted by Gasteiger charge is -2.36. The fraction of sp³-hybridized carbons (Fsp3) is 0.704. The van der Waals surface area contributed by atoms with Crippen molar-refractivity contribution in [3.05, 3.63) is 24.0 Å². The van der Waals surface area contributed by atoms with Gasteiger partial charge in [0, 0.05) is 64.9 Å². The summed E-state index contributed by atoms with van der Waals surface area (Å²) in [5, 5.41) is 2.97. The quantitative estimate of drug-likeness (QED) is 0.575. The molecule has 2 aromatic rings. The number of nitrogens with one attached hydrogen (secondary N) is 1. The number of nitrogens with zero attached hydrogens (tertiary/aromatic N) is 5. The smallest absolute Gasteiger partial charge is 0.317 e. The van der Waals surface area contributed by atoms with E-state index in [9.17, 15) is 13.2 Å². The molecule has 11 heteroatoms. The maximum atomic E-state index is 13.5. The molecule has 0 bridgehead atoms. The molecule has 1 saturated carbocycles. The van der Waals surface area contributed by atoms with E-state index < -0.39 is 10.2 Å². The molecule has 1 N–H and O–H groups in total. The lowest BCUT2D eigenvalue weighted by molar-refractivity contribution is 0.0611. The van der Waals surface area contributed by atoms with Crippen LogP contribution < -0.4 is 9.62 Å². The minimum absolute atomic E-state index is 0.0984. The van der Waals surface area contributed by atoms with Crippen LogP contribution in [0.3, 0.4) is 0 Å². The molecule has 1 aromatic heterocycles. The highest BCUT2D eigenvalue weighted by molar-refractivity contribution is 7.90. The van der Waals surface area contributed by atoms with Gasteiger partial charge in [-0.1, -0.05) is 20.8 Å². The van der Waals surface area contributed by atoms with Gasteiger partial charge in [-0.15, -0.1) is 0 Å². The number of imidazole rings is 1. The van der Waals surface area contributed by atoms with Crippen LogP contribution in [0.25, 0.3) is 11.0 Å². The van der Waals surface area contributed by atoms with Crippen LogP contribution in [-0.2, 0) is 26.9 Å². The third-order valence-corrected chi connectivity index (χ3v) is 9.91. The highest BCUT2D eigenvalue weighted by atomic mass is 32.2. The maximum Gasteiger partial charge on any atom is 0.317 e. The summed E-state index contributed by atoms with van der Waals surface area (Å²) in [5.74, 6) is 2.16. The average molecular weight is 547 g/mol. The number of carbonyl (C=O) groups is 1. The predicted octanol–water partition coefficient (Wildman–Crippen LogP) is 3.18.